The highest BCUT2D eigenvalue weighted by Crippen LogP contribution is 2.30. The van der Waals surface area contributed by atoms with Crippen LogP contribution in [0.1, 0.15) is 44.2 Å². The molecule has 8 N–H and O–H groups in total. The molecule has 1 unspecified atom stereocenters. The van der Waals surface area contributed by atoms with E-state index in [2.05, 4.69) is 19.2 Å². The van der Waals surface area contributed by atoms with Gasteiger partial charge in [0.1, 0.15) is 24.1 Å². The van der Waals surface area contributed by atoms with Crippen LogP contribution in [0.5, 0.6) is 5.75 Å². The molecule has 11 heteroatoms. The van der Waals surface area contributed by atoms with Crippen molar-refractivity contribution >= 4 is 11.9 Å². The van der Waals surface area contributed by atoms with Crippen LogP contribution in [0, 0.1) is 6.92 Å². The van der Waals surface area contributed by atoms with Crippen LogP contribution in [0.25, 0.3) is 0 Å². The summed E-state index contributed by atoms with van der Waals surface area (Å²) >= 11 is 0. The summed E-state index contributed by atoms with van der Waals surface area (Å²) < 4.78 is 4.86. The quantitative estimate of drug-likeness (QED) is 0.260. The number of ether oxygens (including phenoxy) is 1. The van der Waals surface area contributed by atoms with Gasteiger partial charge in [-0.05, 0) is 30.0 Å². The molecular weight excluding hydrogens is 426 g/mol. The molecule has 1 aromatic rings. The maximum absolute atomic E-state index is 11.1. The Labute approximate surface area is 185 Å². The first-order valence-electron chi connectivity index (χ1n) is 10.1. The maximum atomic E-state index is 11.1. The Morgan fingerprint density at radius 1 is 1.28 bits per heavy atom. The lowest BCUT2D eigenvalue weighted by molar-refractivity contribution is -0.295. The Balaban J connectivity index is 0.000000389. The summed E-state index contributed by atoms with van der Waals surface area (Å²) in [6, 6.07) is 4.54. The molecule has 1 aliphatic rings. The van der Waals surface area contributed by atoms with Crippen LogP contribution in [0.3, 0.4) is 0 Å². The normalized spacial score (nSPS) is 27.1. The molecule has 0 bridgehead atoms. The Morgan fingerprint density at radius 2 is 1.88 bits per heavy atom. The van der Waals surface area contributed by atoms with Crippen LogP contribution in [0.15, 0.2) is 18.2 Å². The van der Waals surface area contributed by atoms with Crippen LogP contribution in [0.2, 0.25) is 0 Å². The van der Waals surface area contributed by atoms with E-state index in [-0.39, 0.29) is 0 Å². The van der Waals surface area contributed by atoms with Gasteiger partial charge in [-0.3, -0.25) is 4.79 Å². The number of hydrogen-bond donors (Lipinski definition) is 8. The molecule has 0 aliphatic carbocycles. The minimum absolute atomic E-state index is 0.399. The minimum Gasteiger partial charge on any atom is -0.508 e. The van der Waals surface area contributed by atoms with Gasteiger partial charge in [-0.15, -0.1) is 0 Å². The first-order valence-corrected chi connectivity index (χ1v) is 10.1. The van der Waals surface area contributed by atoms with Crippen molar-refractivity contribution in [3.8, 4) is 5.75 Å². The number of aliphatic carboxylic acids is 1. The number of nitrogens with one attached hydrogen (secondary N) is 1. The second kappa shape index (κ2) is 11.5. The second-order valence-electron chi connectivity index (χ2n) is 8.13. The summed E-state index contributed by atoms with van der Waals surface area (Å²) in [5.41, 5.74) is 2.13. The van der Waals surface area contributed by atoms with Crippen molar-refractivity contribution in [2.24, 2.45) is 0 Å². The molecule has 32 heavy (non-hydrogen) atoms. The molecule has 0 spiro atoms. The molecule has 1 heterocycles. The third kappa shape index (κ3) is 7.12. The number of phenolic OH excluding ortho intramolecular Hbond substituents is 1. The summed E-state index contributed by atoms with van der Waals surface area (Å²) in [5.74, 6) is -4.36. The lowest BCUT2D eigenvalue weighted by Gasteiger charge is -2.44. The predicted molar refractivity (Wildman–Crippen MR) is 112 cm³/mol. The third-order valence-corrected chi connectivity index (χ3v) is 5.02. The largest absolute Gasteiger partial charge is 0.508 e. The second-order valence-corrected chi connectivity index (χ2v) is 8.13. The number of carboxylic acid groups (broad SMARTS) is 1. The van der Waals surface area contributed by atoms with Crippen LogP contribution in [-0.2, 0) is 14.3 Å². The molecule has 0 radical (unpaired) electrons. The molecule has 1 saturated heterocycles. The molecule has 0 saturated carbocycles. The molecule has 1 aromatic carbocycles. The fourth-order valence-electron chi connectivity index (χ4n) is 3.28. The highest BCUT2D eigenvalue weighted by Gasteiger charge is 2.53. The van der Waals surface area contributed by atoms with Crippen molar-refractivity contribution in [2.75, 3.05) is 6.61 Å². The summed E-state index contributed by atoms with van der Waals surface area (Å²) in [7, 11) is 0. The van der Waals surface area contributed by atoms with Gasteiger partial charge in [-0.2, -0.15) is 0 Å². The highest BCUT2D eigenvalue weighted by molar-refractivity contribution is 5.76. The van der Waals surface area contributed by atoms with Gasteiger partial charge < -0.3 is 45.8 Å². The van der Waals surface area contributed by atoms with Crippen LogP contribution < -0.4 is 5.32 Å². The van der Waals surface area contributed by atoms with Crippen molar-refractivity contribution in [3.05, 3.63) is 29.3 Å². The summed E-state index contributed by atoms with van der Waals surface area (Å²) in [4.78, 5) is 22.1. The zero-order valence-electron chi connectivity index (χ0n) is 18.5. The molecule has 11 nitrogen and oxygen atoms in total. The van der Waals surface area contributed by atoms with Crippen molar-refractivity contribution < 1.29 is 50.1 Å². The molecule has 0 aromatic heterocycles. The van der Waals surface area contributed by atoms with Crippen LogP contribution >= 0.6 is 0 Å². The van der Waals surface area contributed by atoms with E-state index in [9.17, 15) is 35.1 Å². The number of aryl methyl sites for hydroxylation is 1. The summed E-state index contributed by atoms with van der Waals surface area (Å²) in [5, 5.41) is 68.4. The zero-order valence-corrected chi connectivity index (χ0v) is 18.5. The molecular formula is C21H33NO10. The number of carboxylic acids is 1. The number of carbonyl (C=O) groups is 2. The molecule has 2 rings (SSSR count). The van der Waals surface area contributed by atoms with Gasteiger partial charge in [0, 0.05) is 13.3 Å². The average molecular weight is 459 g/mol. The number of amides is 1. The van der Waals surface area contributed by atoms with E-state index >= 15 is 0 Å². The Hall–Kier alpha value is -2.28. The predicted octanol–water partition coefficient (Wildman–Crippen LogP) is -1.05. The summed E-state index contributed by atoms with van der Waals surface area (Å²) in [6.07, 6.45) is -7.48. The standard InChI is InChI=1S/C11H19NO9.C10H14O/c1-4(14)12-7-5(15)2-11(20,10(18)19)21-9(7)8(17)6(16)3-13;1-7(2)9-5-4-8(3)6-10(9)11/h5-9,13,15-17,20H,2-3H2,1H3,(H,12,14)(H,18,19);4-7,11H,1-3H3/t5-,6+,7+,8+,9+,11?;/m0./s1. The van der Waals surface area contributed by atoms with Crippen molar-refractivity contribution in [1.29, 1.82) is 0 Å². The number of benzene rings is 1. The molecule has 182 valence electrons. The fraction of sp³-hybridized carbons (Fsp3) is 0.619. The number of carbonyl (C=O) groups excluding carboxylic acids is 1. The number of aliphatic hydroxyl groups is 5. The fourth-order valence-corrected chi connectivity index (χ4v) is 3.28. The number of phenols is 1. The first kappa shape index (κ1) is 27.8. The number of hydrogen-bond acceptors (Lipinski definition) is 9. The average Bonchev–Trinajstić information content (AvgIpc) is 2.68. The van der Waals surface area contributed by atoms with E-state index < -0.39 is 61.1 Å². The van der Waals surface area contributed by atoms with Crippen molar-refractivity contribution in [3.63, 3.8) is 0 Å². The van der Waals surface area contributed by atoms with Gasteiger partial charge in [0.2, 0.25) is 5.91 Å². The van der Waals surface area contributed by atoms with Gasteiger partial charge in [-0.1, -0.05) is 26.0 Å². The Kier molecular flexibility index (Phi) is 10.0. The van der Waals surface area contributed by atoms with Gasteiger partial charge in [0.25, 0.3) is 5.79 Å². The maximum Gasteiger partial charge on any atom is 0.364 e. The Morgan fingerprint density at radius 3 is 2.31 bits per heavy atom. The van der Waals surface area contributed by atoms with Gasteiger partial charge in [0.05, 0.1) is 18.8 Å². The smallest absolute Gasteiger partial charge is 0.364 e. The van der Waals surface area contributed by atoms with Gasteiger partial charge in [-0.25, -0.2) is 4.79 Å². The molecule has 1 aliphatic heterocycles. The Bertz CT molecular complexity index is 786. The topological polar surface area (TPSA) is 197 Å². The molecule has 1 amide bonds. The van der Waals surface area contributed by atoms with E-state index in [0.29, 0.717) is 11.7 Å². The monoisotopic (exact) mass is 459 g/mol. The highest BCUT2D eigenvalue weighted by atomic mass is 16.7. The number of aliphatic hydroxyl groups excluding tert-OH is 4. The van der Waals surface area contributed by atoms with E-state index in [1.165, 1.54) is 0 Å². The van der Waals surface area contributed by atoms with Crippen LogP contribution in [0.4, 0.5) is 0 Å². The first-order chi connectivity index (χ1) is 14.7. The molecule has 6 atom stereocenters. The lowest BCUT2D eigenvalue weighted by atomic mass is 9.88. The van der Waals surface area contributed by atoms with Crippen molar-refractivity contribution in [2.45, 2.75) is 76.3 Å². The minimum atomic E-state index is -2.78. The lowest BCUT2D eigenvalue weighted by Crippen LogP contribution is -2.67. The van der Waals surface area contributed by atoms with Crippen molar-refractivity contribution in [1.82, 2.24) is 5.32 Å². The third-order valence-electron chi connectivity index (χ3n) is 5.02. The van der Waals surface area contributed by atoms with E-state index in [4.69, 9.17) is 14.9 Å². The van der Waals surface area contributed by atoms with Gasteiger partial charge in [0.15, 0.2) is 0 Å². The number of aromatic hydroxyl groups is 1. The van der Waals surface area contributed by atoms with Crippen LogP contribution in [-0.4, -0.2) is 90.5 Å². The molecule has 1 fully saturated rings. The zero-order chi connectivity index (χ0) is 24.8. The summed E-state index contributed by atoms with van der Waals surface area (Å²) in [6.45, 7) is 6.38. The van der Waals surface area contributed by atoms with E-state index in [1.54, 1.807) is 6.07 Å². The SMILES string of the molecule is CC(=O)N[C@H]1[C@H]([C@H](O)[C@H](O)CO)OC(O)(C(=O)O)C[C@@H]1O.Cc1ccc(C(C)C)c(O)c1. The van der Waals surface area contributed by atoms with Gasteiger partial charge >= 0.3 is 5.97 Å². The van der Waals surface area contributed by atoms with E-state index in [1.807, 2.05) is 19.1 Å². The van der Waals surface area contributed by atoms with E-state index in [0.717, 1.165) is 18.1 Å². The number of rotatable bonds is 6.